The number of ether oxygens (including phenoxy) is 2. The highest BCUT2D eigenvalue weighted by Gasteiger charge is 2.21. The van der Waals surface area contributed by atoms with E-state index < -0.39 is 11.9 Å². The van der Waals surface area contributed by atoms with Crippen LogP contribution < -0.4 is 0 Å². The molecule has 0 saturated carbocycles. The van der Waals surface area contributed by atoms with E-state index >= 15 is 0 Å². The summed E-state index contributed by atoms with van der Waals surface area (Å²) in [6.07, 6.45) is 0. The third-order valence-electron chi connectivity index (χ3n) is 2.86. The zero-order chi connectivity index (χ0) is 15.6. The first kappa shape index (κ1) is 15.5. The van der Waals surface area contributed by atoms with Crippen LogP contribution in [0.15, 0.2) is 16.7 Å². The molecule has 0 spiro atoms. The van der Waals surface area contributed by atoms with Crippen LogP contribution in [0.2, 0.25) is 0 Å². The maximum atomic E-state index is 12.1. The van der Waals surface area contributed by atoms with Gasteiger partial charge >= 0.3 is 11.9 Å². The Morgan fingerprint density at radius 3 is 2.43 bits per heavy atom. The van der Waals surface area contributed by atoms with Crippen molar-refractivity contribution in [2.24, 2.45) is 0 Å². The fourth-order valence-electron chi connectivity index (χ4n) is 2.01. The molecule has 0 aliphatic rings. The molecule has 2 aromatic heterocycles. The first-order chi connectivity index (χ1) is 9.99. The number of rotatable bonds is 4. The number of aryl methyl sites for hydroxylation is 1. The number of carbonyl (C=O) groups excluding carboxylic acids is 2. The molecule has 0 saturated heterocycles. The van der Waals surface area contributed by atoms with Gasteiger partial charge in [-0.1, -0.05) is 0 Å². The minimum Gasteiger partial charge on any atom is -0.462 e. The van der Waals surface area contributed by atoms with Crippen molar-refractivity contribution < 1.29 is 19.1 Å². The normalized spacial score (nSPS) is 10.7. The first-order valence-electron chi connectivity index (χ1n) is 6.52. The molecule has 6 nitrogen and oxygen atoms in total. The van der Waals surface area contributed by atoms with Gasteiger partial charge in [-0.25, -0.2) is 14.1 Å². The summed E-state index contributed by atoms with van der Waals surface area (Å²) in [5.74, 6) is -0.910. The van der Waals surface area contributed by atoms with Gasteiger partial charge in [0.15, 0.2) is 0 Å². The highest BCUT2D eigenvalue weighted by molar-refractivity contribution is 9.10. The van der Waals surface area contributed by atoms with E-state index in [2.05, 4.69) is 21.0 Å². The number of esters is 2. The van der Waals surface area contributed by atoms with E-state index in [9.17, 15) is 9.59 Å². The molecule has 0 N–H and O–H groups in total. The Morgan fingerprint density at radius 1 is 1.19 bits per heavy atom. The molecule has 0 fully saturated rings. The summed E-state index contributed by atoms with van der Waals surface area (Å²) >= 11 is 3.34. The fraction of sp³-hybridized carbons (Fsp3) is 0.357. The number of hydrogen-bond donors (Lipinski definition) is 0. The molecule has 0 atom stereocenters. The van der Waals surface area contributed by atoms with Gasteiger partial charge in [0, 0.05) is 0 Å². The lowest BCUT2D eigenvalue weighted by molar-refractivity contribution is 0.0515. The maximum Gasteiger partial charge on any atom is 0.342 e. The summed E-state index contributed by atoms with van der Waals surface area (Å²) in [5, 5.41) is 4.28. The monoisotopic (exact) mass is 354 g/mol. The van der Waals surface area contributed by atoms with Crippen LogP contribution in [0.3, 0.4) is 0 Å². The minimum atomic E-state index is -0.460. The molecule has 112 valence electrons. The van der Waals surface area contributed by atoms with Gasteiger partial charge in [0.1, 0.15) is 10.2 Å². The average molecular weight is 355 g/mol. The second-order valence-corrected chi connectivity index (χ2v) is 5.08. The Balaban J connectivity index is 2.62. The van der Waals surface area contributed by atoms with Crippen LogP contribution in [-0.4, -0.2) is 34.8 Å². The zero-order valence-corrected chi connectivity index (χ0v) is 13.6. The van der Waals surface area contributed by atoms with E-state index in [0.29, 0.717) is 26.9 Å². The van der Waals surface area contributed by atoms with E-state index in [1.54, 1.807) is 37.4 Å². The Bertz CT molecular complexity index is 709. The molecule has 21 heavy (non-hydrogen) atoms. The van der Waals surface area contributed by atoms with Crippen LogP contribution >= 0.6 is 15.9 Å². The van der Waals surface area contributed by atoms with Gasteiger partial charge in [-0.2, -0.15) is 5.10 Å². The third-order valence-corrected chi connectivity index (χ3v) is 3.42. The van der Waals surface area contributed by atoms with Gasteiger partial charge < -0.3 is 9.47 Å². The van der Waals surface area contributed by atoms with Gasteiger partial charge in [0.05, 0.1) is 30.0 Å². The van der Waals surface area contributed by atoms with E-state index in [-0.39, 0.29) is 13.2 Å². The third kappa shape index (κ3) is 2.92. The predicted octanol–water partition coefficient (Wildman–Crippen LogP) is 2.76. The Labute approximate surface area is 130 Å². The summed E-state index contributed by atoms with van der Waals surface area (Å²) in [6.45, 7) is 5.74. The van der Waals surface area contributed by atoms with Crippen LogP contribution in [0.5, 0.6) is 0 Å². The zero-order valence-electron chi connectivity index (χ0n) is 12.0. The molecular weight excluding hydrogens is 340 g/mol. The van der Waals surface area contributed by atoms with Gasteiger partial charge in [-0.15, -0.1) is 0 Å². The highest BCUT2D eigenvalue weighted by Crippen LogP contribution is 2.23. The minimum absolute atomic E-state index is 0.272. The summed E-state index contributed by atoms with van der Waals surface area (Å²) < 4.78 is 12.1. The number of fused-ring (bicyclic) bond motifs is 1. The van der Waals surface area contributed by atoms with Crippen molar-refractivity contribution in [3.63, 3.8) is 0 Å². The van der Waals surface area contributed by atoms with Gasteiger partial charge in [-0.3, -0.25) is 0 Å². The van der Waals surface area contributed by atoms with Crippen LogP contribution in [0.25, 0.3) is 5.52 Å². The average Bonchev–Trinajstić information content (AvgIpc) is 2.76. The Kier molecular flexibility index (Phi) is 4.62. The van der Waals surface area contributed by atoms with Crippen LogP contribution in [0.4, 0.5) is 0 Å². The Morgan fingerprint density at radius 2 is 1.81 bits per heavy atom. The molecule has 2 aromatic rings. The second kappa shape index (κ2) is 6.26. The summed E-state index contributed by atoms with van der Waals surface area (Å²) in [7, 11) is 0. The molecule has 0 aromatic carbocycles. The van der Waals surface area contributed by atoms with Crippen molar-refractivity contribution in [3.05, 3.63) is 33.6 Å². The van der Waals surface area contributed by atoms with Crippen molar-refractivity contribution in [1.29, 1.82) is 0 Å². The van der Waals surface area contributed by atoms with Gasteiger partial charge in [0.25, 0.3) is 0 Å². The van der Waals surface area contributed by atoms with Gasteiger partial charge in [0.2, 0.25) is 0 Å². The molecular formula is C14H15BrN2O4. The van der Waals surface area contributed by atoms with Crippen molar-refractivity contribution in [2.75, 3.05) is 13.2 Å². The lowest BCUT2D eigenvalue weighted by Gasteiger charge is -2.05. The largest absolute Gasteiger partial charge is 0.462 e. The van der Waals surface area contributed by atoms with Crippen LogP contribution in [-0.2, 0) is 9.47 Å². The lowest BCUT2D eigenvalue weighted by Crippen LogP contribution is -2.08. The number of aromatic nitrogens is 2. The number of pyridine rings is 1. The molecule has 0 aliphatic heterocycles. The predicted molar refractivity (Wildman–Crippen MR) is 79.5 cm³/mol. The molecule has 2 heterocycles. The quantitative estimate of drug-likeness (QED) is 0.623. The number of halogens is 1. The highest BCUT2D eigenvalue weighted by atomic mass is 79.9. The van der Waals surface area contributed by atoms with Crippen molar-refractivity contribution in [3.8, 4) is 0 Å². The molecule has 7 heteroatoms. The van der Waals surface area contributed by atoms with Crippen molar-refractivity contribution >= 4 is 33.4 Å². The fourth-order valence-corrected chi connectivity index (χ4v) is 2.52. The maximum absolute atomic E-state index is 12.1. The molecule has 0 aliphatic carbocycles. The van der Waals surface area contributed by atoms with Crippen molar-refractivity contribution in [2.45, 2.75) is 20.8 Å². The Hall–Kier alpha value is -1.89. The van der Waals surface area contributed by atoms with E-state index in [1.165, 1.54) is 0 Å². The van der Waals surface area contributed by atoms with E-state index in [0.717, 1.165) is 0 Å². The molecule has 0 radical (unpaired) electrons. The number of hydrogen-bond acceptors (Lipinski definition) is 5. The van der Waals surface area contributed by atoms with Crippen molar-refractivity contribution in [1.82, 2.24) is 9.61 Å². The van der Waals surface area contributed by atoms with Crippen LogP contribution in [0, 0.1) is 6.92 Å². The summed E-state index contributed by atoms with van der Waals surface area (Å²) in [6, 6.07) is 3.18. The first-order valence-corrected chi connectivity index (χ1v) is 7.32. The molecule has 0 unspecified atom stereocenters. The van der Waals surface area contributed by atoms with E-state index in [1.807, 2.05) is 0 Å². The number of carbonyl (C=O) groups is 2. The summed E-state index contributed by atoms with van der Waals surface area (Å²) in [5.41, 5.74) is 1.74. The smallest absolute Gasteiger partial charge is 0.342 e. The van der Waals surface area contributed by atoms with Crippen LogP contribution in [0.1, 0.15) is 40.3 Å². The topological polar surface area (TPSA) is 69.9 Å². The number of nitrogens with zero attached hydrogens (tertiary/aromatic N) is 2. The molecule has 2 rings (SSSR count). The lowest BCUT2D eigenvalue weighted by atomic mass is 10.1. The SMILES string of the molecule is CCOC(=O)c1cc(Br)n2nc(C)c(C(=O)OCC)c2c1. The molecule has 0 bridgehead atoms. The van der Waals surface area contributed by atoms with Gasteiger partial charge in [-0.05, 0) is 48.8 Å². The molecule has 0 amide bonds. The van der Waals surface area contributed by atoms with E-state index in [4.69, 9.17) is 9.47 Å². The second-order valence-electron chi connectivity index (χ2n) is 4.27. The standard InChI is InChI=1S/C14H15BrN2O4/c1-4-20-13(18)9-6-10-12(14(19)21-5-2)8(3)16-17(10)11(15)7-9/h6-7H,4-5H2,1-3H3. The summed E-state index contributed by atoms with van der Waals surface area (Å²) in [4.78, 5) is 23.9.